The number of amides is 2. The molecule has 0 aliphatic carbocycles. The molecule has 0 aromatic carbocycles. The van der Waals surface area contributed by atoms with Crippen LogP contribution >= 0.6 is 0 Å². The number of methoxy groups -OCH3 is 2. The van der Waals surface area contributed by atoms with Gasteiger partial charge >= 0.3 is 12.2 Å². The fourth-order valence-corrected chi connectivity index (χ4v) is 3.40. The summed E-state index contributed by atoms with van der Waals surface area (Å²) in [5.41, 5.74) is -1.08. The first-order chi connectivity index (χ1) is 15.2. The largest absolute Gasteiger partial charge is 0.444 e. The highest BCUT2D eigenvalue weighted by Crippen LogP contribution is 2.22. The summed E-state index contributed by atoms with van der Waals surface area (Å²) >= 11 is 0. The van der Waals surface area contributed by atoms with Gasteiger partial charge in [-0.2, -0.15) is 0 Å². The maximum Gasteiger partial charge on any atom is 0.410 e. The highest BCUT2D eigenvalue weighted by Gasteiger charge is 2.38. The Morgan fingerprint density at radius 3 is 1.58 bits per heavy atom. The standard InChI is InChI=1S/C11H20N2O4.C11H19NO4/c1-11(2,3)17-10(14)13-7-9(16-4)5-8(13)6-12-15;1-11(2,3)16-10(14)12-6-9(15-4)5-8(12)7-13/h6,8-9,15H,5,7H2,1-4H3;7-9H,5-6H2,1-4H3/b12-6+;/t2*8-,9-/m00/s1. The predicted molar refractivity (Wildman–Crippen MR) is 121 cm³/mol. The van der Waals surface area contributed by atoms with E-state index in [-0.39, 0.29) is 18.2 Å². The molecule has 2 heterocycles. The van der Waals surface area contributed by atoms with E-state index < -0.39 is 29.4 Å². The molecule has 11 nitrogen and oxygen atoms in total. The predicted octanol–water partition coefficient (Wildman–Crippen LogP) is 2.68. The molecule has 33 heavy (non-hydrogen) atoms. The number of likely N-dealkylation sites (tertiary alicyclic amines) is 2. The number of hydrogen-bond acceptors (Lipinski definition) is 9. The van der Waals surface area contributed by atoms with Crippen molar-refractivity contribution < 1.29 is 38.5 Å². The van der Waals surface area contributed by atoms with E-state index in [1.165, 1.54) is 16.0 Å². The van der Waals surface area contributed by atoms with E-state index in [0.717, 1.165) is 6.29 Å². The van der Waals surface area contributed by atoms with Crippen LogP contribution in [0.5, 0.6) is 0 Å². The molecule has 2 rings (SSSR count). The minimum absolute atomic E-state index is 0.0504. The lowest BCUT2D eigenvalue weighted by atomic mass is 10.2. The average molecular weight is 474 g/mol. The van der Waals surface area contributed by atoms with Crippen LogP contribution in [0.3, 0.4) is 0 Å². The van der Waals surface area contributed by atoms with E-state index in [9.17, 15) is 14.4 Å². The van der Waals surface area contributed by atoms with Crippen molar-refractivity contribution >= 4 is 24.7 Å². The summed E-state index contributed by atoms with van der Waals surface area (Å²) in [6.07, 6.45) is 2.24. The van der Waals surface area contributed by atoms with Crippen LogP contribution in [0.25, 0.3) is 0 Å². The first kappa shape index (κ1) is 28.6. The molecule has 0 radical (unpaired) electrons. The van der Waals surface area contributed by atoms with Gasteiger partial charge in [-0.1, -0.05) is 5.16 Å². The van der Waals surface area contributed by atoms with E-state index in [0.29, 0.717) is 25.9 Å². The van der Waals surface area contributed by atoms with Crippen LogP contribution in [0.1, 0.15) is 54.4 Å². The van der Waals surface area contributed by atoms with Gasteiger partial charge in [-0.05, 0) is 41.5 Å². The summed E-state index contributed by atoms with van der Waals surface area (Å²) < 4.78 is 20.8. The molecule has 2 fully saturated rings. The number of hydrogen-bond donors (Lipinski definition) is 1. The lowest BCUT2D eigenvalue weighted by Crippen LogP contribution is -2.40. The molecule has 11 heteroatoms. The number of carbonyl (C=O) groups is 3. The van der Waals surface area contributed by atoms with Gasteiger partial charge in [0.25, 0.3) is 0 Å². The van der Waals surface area contributed by atoms with Crippen LogP contribution in [-0.4, -0.2) is 102 Å². The van der Waals surface area contributed by atoms with Gasteiger partial charge in [0.05, 0.1) is 43.6 Å². The van der Waals surface area contributed by atoms with Gasteiger partial charge in [-0.25, -0.2) is 9.59 Å². The second kappa shape index (κ2) is 12.2. The number of carbonyl (C=O) groups excluding carboxylic acids is 3. The third-order valence-corrected chi connectivity index (χ3v) is 4.93. The van der Waals surface area contributed by atoms with Crippen LogP contribution in [0.15, 0.2) is 5.16 Å². The number of rotatable bonds is 4. The van der Waals surface area contributed by atoms with Crippen molar-refractivity contribution in [3.63, 3.8) is 0 Å². The van der Waals surface area contributed by atoms with E-state index in [4.69, 9.17) is 24.2 Å². The van der Waals surface area contributed by atoms with Gasteiger partial charge in [0, 0.05) is 27.1 Å². The molecule has 0 aromatic heterocycles. The van der Waals surface area contributed by atoms with Gasteiger partial charge in [0.1, 0.15) is 17.5 Å². The highest BCUT2D eigenvalue weighted by molar-refractivity contribution is 5.76. The Kier molecular flexibility index (Phi) is 10.6. The van der Waals surface area contributed by atoms with Crippen molar-refractivity contribution in [3.05, 3.63) is 0 Å². The molecule has 2 saturated heterocycles. The maximum absolute atomic E-state index is 11.9. The average Bonchev–Trinajstić information content (AvgIpc) is 3.30. The highest BCUT2D eigenvalue weighted by atomic mass is 16.6. The second-order valence-corrected chi connectivity index (χ2v) is 9.99. The van der Waals surface area contributed by atoms with Crippen LogP contribution in [0, 0.1) is 0 Å². The Hall–Kier alpha value is -2.40. The first-order valence-electron chi connectivity index (χ1n) is 10.9. The second-order valence-electron chi connectivity index (χ2n) is 9.99. The topological polar surface area (TPSA) is 127 Å². The van der Waals surface area contributed by atoms with Gasteiger partial charge < -0.3 is 28.9 Å². The third-order valence-electron chi connectivity index (χ3n) is 4.93. The number of nitrogens with zero attached hydrogens (tertiary/aromatic N) is 3. The van der Waals surface area contributed by atoms with Crippen molar-refractivity contribution in [3.8, 4) is 0 Å². The Balaban J connectivity index is 0.000000331. The SMILES string of the molecule is CO[C@H]1C[C@@H](/C=N/O)N(C(=O)OC(C)(C)C)C1.CO[C@H]1C[C@@H](C=O)N(C(=O)OC(C)(C)C)C1. The monoisotopic (exact) mass is 473 g/mol. The van der Waals surface area contributed by atoms with Crippen LogP contribution in [-0.2, 0) is 23.7 Å². The van der Waals surface area contributed by atoms with Crippen LogP contribution in [0.4, 0.5) is 9.59 Å². The minimum atomic E-state index is -0.546. The maximum atomic E-state index is 11.9. The van der Waals surface area contributed by atoms with Gasteiger partial charge in [-0.15, -0.1) is 0 Å². The summed E-state index contributed by atoms with van der Waals surface area (Å²) in [5, 5.41) is 11.6. The summed E-state index contributed by atoms with van der Waals surface area (Å²) in [6, 6.07) is -0.709. The first-order valence-corrected chi connectivity index (χ1v) is 10.9. The van der Waals surface area contributed by atoms with Crippen molar-refractivity contribution in [2.45, 2.75) is 89.9 Å². The van der Waals surface area contributed by atoms with E-state index in [2.05, 4.69) is 5.16 Å². The molecule has 0 saturated carbocycles. The number of ether oxygens (including phenoxy) is 4. The Morgan fingerprint density at radius 1 is 0.848 bits per heavy atom. The molecule has 2 aliphatic heterocycles. The summed E-state index contributed by atoms with van der Waals surface area (Å²) in [5.74, 6) is 0. The molecule has 2 aliphatic rings. The molecule has 0 spiro atoms. The van der Waals surface area contributed by atoms with Gasteiger partial charge in [0.2, 0.25) is 0 Å². The molecular formula is C22H39N3O8. The van der Waals surface area contributed by atoms with Crippen LogP contribution < -0.4 is 0 Å². The smallest absolute Gasteiger partial charge is 0.410 e. The van der Waals surface area contributed by atoms with Crippen molar-refractivity contribution in [1.29, 1.82) is 0 Å². The third kappa shape index (κ3) is 9.55. The number of aldehydes is 1. The van der Waals surface area contributed by atoms with Crippen molar-refractivity contribution in [2.24, 2.45) is 5.16 Å². The minimum Gasteiger partial charge on any atom is -0.444 e. The molecule has 0 unspecified atom stereocenters. The summed E-state index contributed by atoms with van der Waals surface area (Å²) in [4.78, 5) is 37.5. The zero-order valence-corrected chi connectivity index (χ0v) is 20.9. The molecule has 0 bridgehead atoms. The number of oxime groups is 1. The van der Waals surface area contributed by atoms with E-state index >= 15 is 0 Å². The van der Waals surface area contributed by atoms with Gasteiger partial charge in [0.15, 0.2) is 0 Å². The normalized spacial score (nSPS) is 25.6. The Bertz CT molecular complexity index is 686. The van der Waals surface area contributed by atoms with Crippen molar-refractivity contribution in [2.75, 3.05) is 27.3 Å². The summed E-state index contributed by atoms with van der Waals surface area (Å²) in [7, 11) is 3.17. The summed E-state index contributed by atoms with van der Waals surface area (Å²) in [6.45, 7) is 11.7. The molecule has 2 amide bonds. The fraction of sp³-hybridized carbons (Fsp3) is 0.818. The zero-order valence-electron chi connectivity index (χ0n) is 20.9. The molecular weight excluding hydrogens is 434 g/mol. The van der Waals surface area contributed by atoms with Gasteiger partial charge in [-0.3, -0.25) is 9.80 Å². The lowest BCUT2D eigenvalue weighted by Gasteiger charge is -2.26. The van der Waals surface area contributed by atoms with E-state index in [1.807, 2.05) is 20.8 Å². The fourth-order valence-electron chi connectivity index (χ4n) is 3.40. The Labute approximate surface area is 195 Å². The molecule has 190 valence electrons. The van der Waals surface area contributed by atoms with E-state index in [1.54, 1.807) is 35.0 Å². The lowest BCUT2D eigenvalue weighted by molar-refractivity contribution is -0.111. The molecule has 1 N–H and O–H groups in total. The van der Waals surface area contributed by atoms with Crippen LogP contribution in [0.2, 0.25) is 0 Å². The quantitative estimate of drug-likeness (QED) is 0.286. The Morgan fingerprint density at radius 2 is 1.24 bits per heavy atom. The molecule has 0 aromatic rings. The van der Waals surface area contributed by atoms with Crippen molar-refractivity contribution in [1.82, 2.24) is 9.80 Å². The molecule has 4 atom stereocenters. The zero-order chi connectivity index (χ0) is 25.4.